The Kier molecular flexibility index (Phi) is 14.9. The third kappa shape index (κ3) is 15.4. The van der Waals surface area contributed by atoms with Crippen LogP contribution in [0.5, 0.6) is 0 Å². The SMILES string of the molecule is CC(C)(C)OC(=O)CCc1ccc(CCc2cncc(N)c2)cc1.N#Cc1ccc(CCc2cncc(N)c2)cc1.[B]C1CCCO1. The van der Waals surface area contributed by atoms with E-state index in [0.29, 0.717) is 29.8 Å². The van der Waals surface area contributed by atoms with Crippen molar-refractivity contribution >= 4 is 25.2 Å². The van der Waals surface area contributed by atoms with E-state index in [2.05, 4.69) is 40.3 Å². The van der Waals surface area contributed by atoms with Crippen molar-refractivity contribution in [2.24, 2.45) is 0 Å². The summed E-state index contributed by atoms with van der Waals surface area (Å²) in [6.45, 7) is 6.52. The number of benzene rings is 2. The predicted molar refractivity (Wildman–Crippen MR) is 189 cm³/mol. The molecule has 0 bridgehead atoms. The Morgan fingerprint density at radius 3 is 1.68 bits per heavy atom. The summed E-state index contributed by atoms with van der Waals surface area (Å²) in [5.41, 5.74) is 19.0. The van der Waals surface area contributed by atoms with Gasteiger partial charge in [-0.3, -0.25) is 14.8 Å². The molecule has 1 fully saturated rings. The van der Waals surface area contributed by atoms with Gasteiger partial charge in [-0.2, -0.15) is 5.26 Å². The highest BCUT2D eigenvalue weighted by Crippen LogP contribution is 2.14. The Morgan fingerprint density at radius 2 is 1.30 bits per heavy atom. The van der Waals surface area contributed by atoms with Gasteiger partial charge in [-0.15, -0.1) is 0 Å². The molecule has 0 saturated carbocycles. The number of esters is 1. The fourth-order valence-electron chi connectivity index (χ4n) is 4.73. The molecule has 1 saturated heterocycles. The lowest BCUT2D eigenvalue weighted by Gasteiger charge is -2.19. The summed E-state index contributed by atoms with van der Waals surface area (Å²) in [6.07, 6.45) is 14.0. The van der Waals surface area contributed by atoms with Crippen LogP contribution >= 0.6 is 0 Å². The van der Waals surface area contributed by atoms with Crippen molar-refractivity contribution in [1.29, 1.82) is 5.26 Å². The molecule has 0 amide bonds. The van der Waals surface area contributed by atoms with Crippen molar-refractivity contribution in [3.8, 4) is 6.07 Å². The molecule has 47 heavy (non-hydrogen) atoms. The van der Waals surface area contributed by atoms with E-state index >= 15 is 0 Å². The Balaban J connectivity index is 0.000000225. The van der Waals surface area contributed by atoms with Crippen LogP contribution in [0.2, 0.25) is 0 Å². The van der Waals surface area contributed by atoms with Crippen molar-refractivity contribution in [2.45, 2.75) is 83.7 Å². The molecule has 2 radical (unpaired) electrons. The number of nitriles is 1. The minimum Gasteiger partial charge on any atom is -0.460 e. The average Bonchev–Trinajstić information content (AvgIpc) is 3.53. The maximum Gasteiger partial charge on any atom is 0.306 e. The second kappa shape index (κ2) is 19.1. The second-order valence-electron chi connectivity index (χ2n) is 12.5. The smallest absolute Gasteiger partial charge is 0.306 e. The fourth-order valence-corrected chi connectivity index (χ4v) is 4.73. The number of nitrogen functional groups attached to an aromatic ring is 2. The average molecular weight is 632 g/mol. The molecule has 244 valence electrons. The summed E-state index contributed by atoms with van der Waals surface area (Å²) < 4.78 is 10.3. The van der Waals surface area contributed by atoms with E-state index in [1.165, 1.54) is 11.1 Å². The highest BCUT2D eigenvalue weighted by Gasteiger charge is 2.15. The molecule has 0 spiro atoms. The fraction of sp³-hybridized carbons (Fsp3) is 0.368. The van der Waals surface area contributed by atoms with Crippen molar-refractivity contribution in [3.05, 3.63) is 119 Å². The van der Waals surface area contributed by atoms with Crippen LogP contribution in [0.1, 0.15) is 73.4 Å². The minimum absolute atomic E-state index is 0.0463. The zero-order chi connectivity index (χ0) is 34.1. The number of nitrogens with zero attached hydrogens (tertiary/aromatic N) is 3. The number of hydrogen-bond acceptors (Lipinski definition) is 8. The number of carbonyl (C=O) groups excluding carboxylic acids is 1. The summed E-state index contributed by atoms with van der Waals surface area (Å²) in [5, 5.41) is 8.69. The number of hydrogen-bond donors (Lipinski definition) is 2. The Hall–Kier alpha value is -4.68. The lowest BCUT2D eigenvalue weighted by atomic mass is 9.98. The summed E-state index contributed by atoms with van der Waals surface area (Å²) in [5.74, 6) is -0.152. The molecule has 0 aliphatic carbocycles. The number of rotatable bonds is 9. The van der Waals surface area contributed by atoms with Gasteiger partial charge in [-0.05, 0) is 118 Å². The lowest BCUT2D eigenvalue weighted by Crippen LogP contribution is -2.23. The first-order valence-electron chi connectivity index (χ1n) is 16.0. The molecule has 1 aliphatic rings. The van der Waals surface area contributed by atoms with E-state index in [-0.39, 0.29) is 12.0 Å². The monoisotopic (exact) mass is 631 g/mol. The minimum atomic E-state index is -0.420. The van der Waals surface area contributed by atoms with Crippen molar-refractivity contribution in [1.82, 2.24) is 9.97 Å². The quantitative estimate of drug-likeness (QED) is 0.161. The number of pyridine rings is 2. The number of anilines is 2. The maximum absolute atomic E-state index is 11.7. The number of aryl methyl sites for hydroxylation is 5. The van der Waals surface area contributed by atoms with Gasteiger partial charge in [0.25, 0.3) is 0 Å². The molecule has 9 heteroatoms. The van der Waals surface area contributed by atoms with Gasteiger partial charge in [0.1, 0.15) is 13.4 Å². The predicted octanol–water partition coefficient (Wildman–Crippen LogP) is 6.34. The van der Waals surface area contributed by atoms with Gasteiger partial charge in [0.15, 0.2) is 0 Å². The van der Waals surface area contributed by atoms with E-state index < -0.39 is 5.60 Å². The number of nitrogens with two attached hydrogens (primary N) is 2. The molecule has 2 aromatic carbocycles. The highest BCUT2D eigenvalue weighted by atomic mass is 16.6. The summed E-state index contributed by atoms with van der Waals surface area (Å²) in [4.78, 5) is 19.9. The van der Waals surface area contributed by atoms with Crippen LogP contribution in [0.25, 0.3) is 0 Å². The van der Waals surface area contributed by atoms with Gasteiger partial charge < -0.3 is 20.9 Å². The van der Waals surface area contributed by atoms with Crippen LogP contribution < -0.4 is 11.5 Å². The summed E-state index contributed by atoms with van der Waals surface area (Å²) in [6, 6.07) is 22.1. The molecular formula is C38H46BN5O3. The van der Waals surface area contributed by atoms with Crippen LogP contribution in [-0.4, -0.2) is 42.0 Å². The molecule has 8 nitrogen and oxygen atoms in total. The Morgan fingerprint density at radius 1 is 0.830 bits per heavy atom. The summed E-state index contributed by atoms with van der Waals surface area (Å²) >= 11 is 0. The van der Waals surface area contributed by atoms with E-state index in [9.17, 15) is 4.79 Å². The summed E-state index contributed by atoms with van der Waals surface area (Å²) in [7, 11) is 5.31. The van der Waals surface area contributed by atoms with Crippen molar-refractivity contribution in [2.75, 3.05) is 18.1 Å². The van der Waals surface area contributed by atoms with Gasteiger partial charge in [0, 0.05) is 43.8 Å². The van der Waals surface area contributed by atoms with Gasteiger partial charge in [0.2, 0.25) is 0 Å². The van der Waals surface area contributed by atoms with Crippen LogP contribution in [0.3, 0.4) is 0 Å². The van der Waals surface area contributed by atoms with E-state index in [1.54, 1.807) is 12.4 Å². The Bertz CT molecular complexity index is 1560. The van der Waals surface area contributed by atoms with E-state index in [1.807, 2.05) is 69.6 Å². The van der Waals surface area contributed by atoms with Gasteiger partial charge in [-0.1, -0.05) is 36.4 Å². The Labute approximate surface area is 280 Å². The maximum atomic E-state index is 11.7. The number of ether oxygens (including phenoxy) is 2. The molecular weight excluding hydrogens is 585 g/mol. The van der Waals surface area contributed by atoms with Crippen LogP contribution in [0.15, 0.2) is 85.5 Å². The highest BCUT2D eigenvalue weighted by molar-refractivity contribution is 6.11. The third-order valence-electron chi connectivity index (χ3n) is 7.15. The molecule has 3 heterocycles. The standard InChI is InChI=1S/C20H26N2O2.C14H13N3.C4H7BO/c1-20(2,3)24-19(23)11-10-16-6-4-15(5-7-16)8-9-17-12-18(21)14-22-13-17;15-8-12-4-1-11(2-5-12)3-6-13-7-14(16)10-17-9-13;5-4-2-1-3-6-4/h4-7,12-14H,8-11,21H2,1-3H3;1-2,4-5,7,9-10H,3,6,16H2;4H,1-3H2. The van der Waals surface area contributed by atoms with Crippen molar-refractivity contribution < 1.29 is 14.3 Å². The van der Waals surface area contributed by atoms with E-state index in [0.717, 1.165) is 61.8 Å². The topological polar surface area (TPSA) is 137 Å². The molecule has 2 aromatic heterocycles. The number of aromatic nitrogens is 2. The molecule has 5 rings (SSSR count). The zero-order valence-electron chi connectivity index (χ0n) is 27.8. The van der Waals surface area contributed by atoms with Crippen molar-refractivity contribution in [3.63, 3.8) is 0 Å². The lowest BCUT2D eigenvalue weighted by molar-refractivity contribution is -0.154. The van der Waals surface area contributed by atoms with Crippen LogP contribution in [0, 0.1) is 11.3 Å². The van der Waals surface area contributed by atoms with Gasteiger partial charge >= 0.3 is 5.97 Å². The van der Waals surface area contributed by atoms with Crippen LogP contribution in [-0.2, 0) is 46.4 Å². The third-order valence-corrected chi connectivity index (χ3v) is 7.15. The molecule has 1 unspecified atom stereocenters. The molecule has 4 aromatic rings. The van der Waals surface area contributed by atoms with Crippen LogP contribution in [0.4, 0.5) is 11.4 Å². The second-order valence-corrected chi connectivity index (χ2v) is 12.5. The normalized spacial score (nSPS) is 13.7. The van der Waals surface area contributed by atoms with Gasteiger partial charge in [-0.25, -0.2) is 0 Å². The van der Waals surface area contributed by atoms with E-state index in [4.69, 9.17) is 34.0 Å². The first-order valence-corrected chi connectivity index (χ1v) is 16.0. The first kappa shape index (κ1) is 36.8. The first-order chi connectivity index (χ1) is 22.5. The molecule has 4 N–H and O–H groups in total. The zero-order valence-corrected chi connectivity index (χ0v) is 27.8. The number of carbonyl (C=O) groups is 1. The molecule has 1 atom stereocenters. The molecule has 1 aliphatic heterocycles. The largest absolute Gasteiger partial charge is 0.460 e. The van der Waals surface area contributed by atoms with Gasteiger partial charge in [0.05, 0.1) is 23.0 Å².